The van der Waals surface area contributed by atoms with Crippen molar-refractivity contribution in [2.45, 2.75) is 37.8 Å². The highest BCUT2D eigenvalue weighted by atomic mass is 32.2. The van der Waals surface area contributed by atoms with Gasteiger partial charge in [-0.1, -0.05) is 6.92 Å². The van der Waals surface area contributed by atoms with E-state index in [1.807, 2.05) is 0 Å². The zero-order chi connectivity index (χ0) is 14.9. The molecule has 0 aliphatic carbocycles. The molecule has 114 valence electrons. The van der Waals surface area contributed by atoms with Gasteiger partial charge < -0.3 is 10.0 Å². The molecular formula is C13H22N2O3S2. The predicted octanol–water partition coefficient (Wildman–Crippen LogP) is 1.17. The van der Waals surface area contributed by atoms with Crippen LogP contribution in [0.15, 0.2) is 11.0 Å². The van der Waals surface area contributed by atoms with Crippen LogP contribution in [-0.4, -0.2) is 44.6 Å². The first-order valence-electron chi connectivity index (χ1n) is 6.74. The first kappa shape index (κ1) is 15.9. The van der Waals surface area contributed by atoms with Crippen molar-refractivity contribution in [2.24, 2.45) is 5.92 Å². The molecule has 2 rings (SSSR count). The maximum absolute atomic E-state index is 12.5. The van der Waals surface area contributed by atoms with Gasteiger partial charge in [0.2, 0.25) is 10.0 Å². The van der Waals surface area contributed by atoms with Gasteiger partial charge in [0.1, 0.15) is 0 Å². The van der Waals surface area contributed by atoms with Gasteiger partial charge in [0.25, 0.3) is 0 Å². The molecule has 1 aliphatic rings. The molecule has 20 heavy (non-hydrogen) atoms. The first-order valence-corrected chi connectivity index (χ1v) is 9.04. The van der Waals surface area contributed by atoms with E-state index in [1.165, 1.54) is 11.3 Å². The van der Waals surface area contributed by atoms with Gasteiger partial charge in [0.05, 0.1) is 11.5 Å². The molecule has 5 nitrogen and oxygen atoms in total. The molecule has 0 bridgehead atoms. The van der Waals surface area contributed by atoms with Crippen LogP contribution < -0.4 is 4.72 Å². The van der Waals surface area contributed by atoms with E-state index >= 15 is 0 Å². The summed E-state index contributed by atoms with van der Waals surface area (Å²) in [4.78, 5) is 3.92. The number of aliphatic hydroxyl groups excluding tert-OH is 1. The molecule has 7 heteroatoms. The Morgan fingerprint density at radius 3 is 2.80 bits per heavy atom. The Kier molecular flexibility index (Phi) is 4.86. The molecule has 1 aromatic rings. The zero-order valence-electron chi connectivity index (χ0n) is 12.1. The van der Waals surface area contributed by atoms with E-state index in [0.29, 0.717) is 15.7 Å². The summed E-state index contributed by atoms with van der Waals surface area (Å²) in [6, 6.07) is 1.55. The van der Waals surface area contributed by atoms with Gasteiger partial charge in [-0.2, -0.15) is 0 Å². The summed E-state index contributed by atoms with van der Waals surface area (Å²) >= 11 is 1.33. The summed E-state index contributed by atoms with van der Waals surface area (Å²) < 4.78 is 27.8. The van der Waals surface area contributed by atoms with E-state index in [0.717, 1.165) is 24.4 Å². The van der Waals surface area contributed by atoms with Crippen molar-refractivity contribution < 1.29 is 13.5 Å². The van der Waals surface area contributed by atoms with Crippen LogP contribution in [0.1, 0.15) is 23.1 Å². The Labute approximate surface area is 124 Å². The average molecular weight is 318 g/mol. The number of piperidine rings is 1. The maximum Gasteiger partial charge on any atom is 0.241 e. The maximum atomic E-state index is 12.5. The number of nitrogens with one attached hydrogen (secondary N) is 1. The Morgan fingerprint density at radius 1 is 1.55 bits per heavy atom. The normalized spacial score (nSPS) is 25.0. The van der Waals surface area contributed by atoms with E-state index in [-0.39, 0.29) is 12.6 Å². The van der Waals surface area contributed by atoms with Crippen LogP contribution in [-0.2, 0) is 16.6 Å². The van der Waals surface area contributed by atoms with E-state index < -0.39 is 10.0 Å². The van der Waals surface area contributed by atoms with Gasteiger partial charge in [-0.15, -0.1) is 11.3 Å². The molecule has 1 aliphatic heterocycles. The number of nitrogens with zero attached hydrogens (tertiary/aromatic N) is 1. The van der Waals surface area contributed by atoms with Crippen LogP contribution in [0, 0.1) is 12.8 Å². The van der Waals surface area contributed by atoms with E-state index in [9.17, 15) is 8.42 Å². The molecule has 1 aromatic heterocycles. The number of aliphatic hydroxyl groups is 1. The van der Waals surface area contributed by atoms with Crippen molar-refractivity contribution >= 4 is 21.4 Å². The van der Waals surface area contributed by atoms with Crippen LogP contribution in [0.2, 0.25) is 0 Å². The van der Waals surface area contributed by atoms with Crippen molar-refractivity contribution in [2.75, 3.05) is 20.1 Å². The molecule has 2 heterocycles. The van der Waals surface area contributed by atoms with Gasteiger partial charge in [-0.25, -0.2) is 13.1 Å². The summed E-state index contributed by atoms with van der Waals surface area (Å²) in [5, 5.41) is 9.12. The Bertz CT molecular complexity index is 568. The summed E-state index contributed by atoms with van der Waals surface area (Å²) in [5.41, 5.74) is 0. The Hall–Kier alpha value is -0.470. The van der Waals surface area contributed by atoms with Crippen LogP contribution in [0.25, 0.3) is 0 Å². The summed E-state index contributed by atoms with van der Waals surface area (Å²) in [6.45, 7) is 5.53. The third-order valence-corrected chi connectivity index (χ3v) is 6.56. The molecule has 0 saturated carbocycles. The molecule has 1 fully saturated rings. The van der Waals surface area contributed by atoms with Crippen LogP contribution in [0.4, 0.5) is 0 Å². The SMILES string of the molecule is Cc1sc(CO)cc1S(=O)(=O)NC1CCN(C)CC1C. The molecular weight excluding hydrogens is 296 g/mol. The van der Waals surface area contributed by atoms with E-state index in [2.05, 4.69) is 23.6 Å². The van der Waals surface area contributed by atoms with Crippen molar-refractivity contribution in [1.82, 2.24) is 9.62 Å². The second-order valence-electron chi connectivity index (χ2n) is 5.55. The minimum atomic E-state index is -3.50. The fraction of sp³-hybridized carbons (Fsp3) is 0.692. The number of sulfonamides is 1. The summed E-state index contributed by atoms with van der Waals surface area (Å²) in [5.74, 6) is 0.291. The highest BCUT2D eigenvalue weighted by Crippen LogP contribution is 2.27. The van der Waals surface area contributed by atoms with Gasteiger partial charge in [-0.05, 0) is 38.9 Å². The lowest BCUT2D eigenvalue weighted by Crippen LogP contribution is -2.48. The number of hydrogen-bond acceptors (Lipinski definition) is 5. The van der Waals surface area contributed by atoms with Gasteiger partial charge in [0.15, 0.2) is 0 Å². The van der Waals surface area contributed by atoms with Gasteiger partial charge in [0, 0.05) is 22.3 Å². The largest absolute Gasteiger partial charge is 0.391 e. The fourth-order valence-electron chi connectivity index (χ4n) is 2.66. The third kappa shape index (κ3) is 3.40. The number of likely N-dealkylation sites (tertiary alicyclic amines) is 1. The minimum absolute atomic E-state index is 0.0203. The van der Waals surface area contributed by atoms with Gasteiger partial charge >= 0.3 is 0 Å². The molecule has 0 amide bonds. The highest BCUT2D eigenvalue weighted by Gasteiger charge is 2.30. The average Bonchev–Trinajstić information content (AvgIpc) is 2.75. The monoisotopic (exact) mass is 318 g/mol. The number of hydrogen-bond donors (Lipinski definition) is 2. The van der Waals surface area contributed by atoms with Crippen LogP contribution in [0.5, 0.6) is 0 Å². The lowest BCUT2D eigenvalue weighted by Gasteiger charge is -2.34. The third-order valence-electron chi connectivity index (χ3n) is 3.78. The zero-order valence-corrected chi connectivity index (χ0v) is 13.7. The molecule has 2 N–H and O–H groups in total. The van der Waals surface area contributed by atoms with Crippen LogP contribution >= 0.6 is 11.3 Å². The number of aryl methyl sites for hydroxylation is 1. The molecule has 0 aromatic carbocycles. The number of thiophene rings is 1. The number of rotatable bonds is 4. The summed E-state index contributed by atoms with van der Waals surface area (Å²) in [6.07, 6.45) is 0.826. The van der Waals surface area contributed by atoms with Crippen molar-refractivity contribution in [3.05, 3.63) is 15.8 Å². The van der Waals surface area contributed by atoms with Gasteiger partial charge in [-0.3, -0.25) is 0 Å². The standard InChI is InChI=1S/C13H22N2O3S2/c1-9-7-15(3)5-4-12(9)14-20(17,18)13-6-11(8-16)19-10(13)2/h6,9,12,14,16H,4-5,7-8H2,1-3H3. The lowest BCUT2D eigenvalue weighted by atomic mass is 9.95. The molecule has 0 spiro atoms. The van der Waals surface area contributed by atoms with E-state index in [4.69, 9.17) is 5.11 Å². The quantitative estimate of drug-likeness (QED) is 0.874. The van der Waals surface area contributed by atoms with Crippen molar-refractivity contribution in [1.29, 1.82) is 0 Å². The minimum Gasteiger partial charge on any atom is -0.391 e. The topological polar surface area (TPSA) is 69.6 Å². The second-order valence-corrected chi connectivity index (χ2v) is 8.57. The Balaban J connectivity index is 2.16. The molecule has 1 saturated heterocycles. The molecule has 2 atom stereocenters. The van der Waals surface area contributed by atoms with E-state index in [1.54, 1.807) is 13.0 Å². The van der Waals surface area contributed by atoms with Crippen LogP contribution in [0.3, 0.4) is 0 Å². The molecule has 2 unspecified atom stereocenters. The molecule has 0 radical (unpaired) electrons. The highest BCUT2D eigenvalue weighted by molar-refractivity contribution is 7.89. The summed E-state index contributed by atoms with van der Waals surface area (Å²) in [7, 11) is -1.45. The predicted molar refractivity (Wildman–Crippen MR) is 80.4 cm³/mol. The Morgan fingerprint density at radius 2 is 2.25 bits per heavy atom. The smallest absolute Gasteiger partial charge is 0.241 e. The van der Waals surface area contributed by atoms with Crippen molar-refractivity contribution in [3.63, 3.8) is 0 Å². The first-order chi connectivity index (χ1) is 9.33. The fourth-order valence-corrected chi connectivity index (χ4v) is 5.54. The van der Waals surface area contributed by atoms with Crippen molar-refractivity contribution in [3.8, 4) is 0 Å². The lowest BCUT2D eigenvalue weighted by molar-refractivity contribution is 0.188. The second kappa shape index (κ2) is 6.11.